The number of aliphatic hydroxyl groups excluding tert-OH is 1. The number of anilines is 1. The Morgan fingerprint density at radius 2 is 1.80 bits per heavy atom. The number of nitrogens with zero attached hydrogens (tertiary/aromatic N) is 2. The third-order valence-electron chi connectivity index (χ3n) is 4.16. The molecule has 1 N–H and O–H groups in total. The van der Waals surface area contributed by atoms with Crippen molar-refractivity contribution in [3.8, 4) is 0 Å². The lowest BCUT2D eigenvalue weighted by atomic mass is 10.1. The molecule has 0 unspecified atom stereocenters. The topological polar surface area (TPSA) is 60.9 Å². The minimum absolute atomic E-state index is 0.173. The lowest BCUT2D eigenvalue weighted by Gasteiger charge is -2.21. The van der Waals surface area contributed by atoms with Gasteiger partial charge < -0.3 is 5.11 Å². The largest absolute Gasteiger partial charge is 0.386 e. The number of carbonyl (C=O) groups is 2. The van der Waals surface area contributed by atoms with Crippen molar-refractivity contribution in [1.82, 2.24) is 4.90 Å². The van der Waals surface area contributed by atoms with E-state index in [-0.39, 0.29) is 5.56 Å². The van der Waals surface area contributed by atoms with Crippen molar-refractivity contribution >= 4 is 17.6 Å². The maximum absolute atomic E-state index is 13.8. The molecule has 1 fully saturated rings. The standard InChI is InChI=1S/C18H16F2N2O3/c1-11-17(24)21(18(25)22(11)13-5-3-2-4-6-13)10-16(23)14-8-7-12(19)9-15(14)20/h2-9,11,16,23H,10H2,1H3/t11-,16-/m0/s1. The highest BCUT2D eigenvalue weighted by atomic mass is 19.1. The molecule has 2 aromatic rings. The van der Waals surface area contributed by atoms with E-state index in [0.29, 0.717) is 11.8 Å². The van der Waals surface area contributed by atoms with Gasteiger partial charge in [0.05, 0.1) is 12.6 Å². The van der Waals surface area contributed by atoms with E-state index in [1.807, 2.05) is 0 Å². The van der Waals surface area contributed by atoms with Crippen LogP contribution in [0.1, 0.15) is 18.6 Å². The van der Waals surface area contributed by atoms with Crippen LogP contribution in [0.15, 0.2) is 48.5 Å². The maximum atomic E-state index is 13.8. The van der Waals surface area contributed by atoms with Crippen LogP contribution in [0.4, 0.5) is 19.3 Å². The normalized spacial score (nSPS) is 18.8. The van der Waals surface area contributed by atoms with Crippen molar-refractivity contribution in [1.29, 1.82) is 0 Å². The molecule has 0 spiro atoms. The number of para-hydroxylation sites is 1. The predicted octanol–water partition coefficient (Wildman–Crippen LogP) is 2.86. The second-order valence-corrected chi connectivity index (χ2v) is 5.79. The van der Waals surface area contributed by atoms with Crippen molar-refractivity contribution < 1.29 is 23.5 Å². The number of β-amino-alcohol motifs (C(OH)–C–C–N with tert-alkyl or cyclic N) is 1. The zero-order valence-electron chi connectivity index (χ0n) is 13.4. The van der Waals surface area contributed by atoms with Gasteiger partial charge >= 0.3 is 6.03 Å². The van der Waals surface area contributed by atoms with Gasteiger partial charge in [-0.1, -0.05) is 24.3 Å². The van der Waals surface area contributed by atoms with Crippen molar-refractivity contribution in [3.05, 3.63) is 65.7 Å². The quantitative estimate of drug-likeness (QED) is 0.866. The van der Waals surface area contributed by atoms with Crippen LogP contribution < -0.4 is 4.90 Å². The van der Waals surface area contributed by atoms with Crippen molar-refractivity contribution in [2.75, 3.05) is 11.4 Å². The van der Waals surface area contributed by atoms with E-state index in [9.17, 15) is 23.5 Å². The van der Waals surface area contributed by atoms with E-state index < -0.39 is 42.3 Å². The fourth-order valence-corrected chi connectivity index (χ4v) is 2.86. The highest BCUT2D eigenvalue weighted by Gasteiger charge is 2.44. The molecule has 1 heterocycles. The average Bonchev–Trinajstić information content (AvgIpc) is 2.79. The molecular weight excluding hydrogens is 330 g/mol. The first kappa shape index (κ1) is 17.0. The molecule has 0 bridgehead atoms. The van der Waals surface area contributed by atoms with Gasteiger partial charge in [-0.25, -0.2) is 13.6 Å². The SMILES string of the molecule is C[C@H]1C(=O)N(C[C@H](O)c2ccc(F)cc2F)C(=O)N1c1ccccc1. The summed E-state index contributed by atoms with van der Waals surface area (Å²) >= 11 is 0. The Balaban J connectivity index is 1.83. The fraction of sp³-hybridized carbons (Fsp3) is 0.222. The predicted molar refractivity (Wildman–Crippen MR) is 86.8 cm³/mol. The van der Waals surface area contributed by atoms with Crippen molar-refractivity contribution in [2.24, 2.45) is 0 Å². The van der Waals surface area contributed by atoms with Gasteiger partial charge in [0.1, 0.15) is 17.7 Å². The zero-order chi connectivity index (χ0) is 18.1. The molecular formula is C18H16F2N2O3. The molecule has 1 aliphatic rings. The van der Waals surface area contributed by atoms with Gasteiger partial charge in [0.15, 0.2) is 0 Å². The number of aliphatic hydroxyl groups is 1. The molecule has 0 aliphatic carbocycles. The number of rotatable bonds is 4. The van der Waals surface area contributed by atoms with E-state index in [0.717, 1.165) is 17.0 Å². The van der Waals surface area contributed by atoms with Crippen LogP contribution >= 0.6 is 0 Å². The van der Waals surface area contributed by atoms with E-state index in [4.69, 9.17) is 0 Å². The number of halogens is 2. The number of carbonyl (C=O) groups excluding carboxylic acids is 2. The highest BCUT2D eigenvalue weighted by Crippen LogP contribution is 2.28. The van der Waals surface area contributed by atoms with Crippen LogP contribution in [0, 0.1) is 11.6 Å². The molecule has 7 heteroatoms. The first-order chi connectivity index (χ1) is 11.9. The lowest BCUT2D eigenvalue weighted by Crippen LogP contribution is -2.36. The van der Waals surface area contributed by atoms with Crippen LogP contribution in [-0.2, 0) is 4.79 Å². The average molecular weight is 346 g/mol. The first-order valence-electron chi connectivity index (χ1n) is 7.72. The van der Waals surface area contributed by atoms with Crippen LogP contribution in [0.5, 0.6) is 0 Å². The summed E-state index contributed by atoms with van der Waals surface area (Å²) in [4.78, 5) is 27.2. The number of urea groups is 1. The molecule has 0 radical (unpaired) electrons. The minimum atomic E-state index is -1.45. The number of amides is 3. The van der Waals surface area contributed by atoms with E-state index >= 15 is 0 Å². The van der Waals surface area contributed by atoms with Crippen LogP contribution in [0.3, 0.4) is 0 Å². The third kappa shape index (κ3) is 3.10. The second kappa shape index (κ2) is 6.60. The monoisotopic (exact) mass is 346 g/mol. The molecule has 0 aromatic heterocycles. The molecule has 3 rings (SSSR count). The smallest absolute Gasteiger partial charge is 0.332 e. The summed E-state index contributed by atoms with van der Waals surface area (Å²) in [6.45, 7) is 1.17. The van der Waals surface area contributed by atoms with E-state index in [1.165, 1.54) is 4.90 Å². The number of imide groups is 1. The van der Waals surface area contributed by atoms with Gasteiger partial charge in [-0.3, -0.25) is 14.6 Å². The second-order valence-electron chi connectivity index (χ2n) is 5.79. The van der Waals surface area contributed by atoms with E-state index in [2.05, 4.69) is 0 Å². The van der Waals surface area contributed by atoms with Crippen LogP contribution in [0.2, 0.25) is 0 Å². The van der Waals surface area contributed by atoms with Crippen molar-refractivity contribution in [3.63, 3.8) is 0 Å². The summed E-state index contributed by atoms with van der Waals surface area (Å²) in [5.41, 5.74) is 0.381. The molecule has 0 saturated carbocycles. The van der Waals surface area contributed by atoms with Gasteiger partial charge in [0.25, 0.3) is 5.91 Å². The Labute approximate surface area is 143 Å². The van der Waals surface area contributed by atoms with Gasteiger partial charge in [0, 0.05) is 17.3 Å². The summed E-state index contributed by atoms with van der Waals surface area (Å²) < 4.78 is 26.8. The zero-order valence-corrected chi connectivity index (χ0v) is 13.4. The van der Waals surface area contributed by atoms with E-state index in [1.54, 1.807) is 37.3 Å². The Hall–Kier alpha value is -2.80. The number of hydrogen-bond acceptors (Lipinski definition) is 3. The Kier molecular flexibility index (Phi) is 4.50. The lowest BCUT2D eigenvalue weighted by molar-refractivity contribution is -0.128. The summed E-state index contributed by atoms with van der Waals surface area (Å²) in [6.07, 6.45) is -1.45. The summed E-state index contributed by atoms with van der Waals surface area (Å²) in [7, 11) is 0. The molecule has 2 atom stereocenters. The van der Waals surface area contributed by atoms with Gasteiger partial charge in [-0.05, 0) is 25.1 Å². The first-order valence-corrected chi connectivity index (χ1v) is 7.72. The molecule has 130 valence electrons. The Morgan fingerprint density at radius 1 is 1.12 bits per heavy atom. The number of hydrogen-bond donors (Lipinski definition) is 1. The Morgan fingerprint density at radius 3 is 2.44 bits per heavy atom. The van der Waals surface area contributed by atoms with Gasteiger partial charge in [0.2, 0.25) is 0 Å². The van der Waals surface area contributed by atoms with Gasteiger partial charge in [-0.15, -0.1) is 0 Å². The third-order valence-corrected chi connectivity index (χ3v) is 4.16. The number of benzene rings is 2. The fourth-order valence-electron chi connectivity index (χ4n) is 2.86. The minimum Gasteiger partial charge on any atom is -0.386 e. The van der Waals surface area contributed by atoms with Crippen molar-refractivity contribution in [2.45, 2.75) is 19.1 Å². The molecule has 2 aromatic carbocycles. The molecule has 3 amide bonds. The molecule has 5 nitrogen and oxygen atoms in total. The molecule has 25 heavy (non-hydrogen) atoms. The van der Waals surface area contributed by atoms with Gasteiger partial charge in [-0.2, -0.15) is 0 Å². The maximum Gasteiger partial charge on any atom is 0.332 e. The van der Waals surface area contributed by atoms with Crippen LogP contribution in [-0.4, -0.2) is 34.5 Å². The summed E-state index contributed by atoms with van der Waals surface area (Å²) in [6, 6.07) is 10.1. The van der Waals surface area contributed by atoms with Crippen LogP contribution in [0.25, 0.3) is 0 Å². The highest BCUT2D eigenvalue weighted by molar-refractivity contribution is 6.14. The summed E-state index contributed by atoms with van der Waals surface area (Å²) in [5.74, 6) is -2.19. The summed E-state index contributed by atoms with van der Waals surface area (Å²) in [5, 5.41) is 10.2. The Bertz CT molecular complexity index is 813. The molecule has 1 saturated heterocycles. The molecule has 1 aliphatic heterocycles.